The van der Waals surface area contributed by atoms with E-state index in [0.29, 0.717) is 5.82 Å². The topological polar surface area (TPSA) is 118 Å². The van der Waals surface area contributed by atoms with Crippen molar-refractivity contribution < 1.29 is 9.90 Å². The predicted molar refractivity (Wildman–Crippen MR) is 110 cm³/mol. The predicted octanol–water partition coefficient (Wildman–Crippen LogP) is 3.57. The van der Waals surface area contributed by atoms with Crippen LogP contribution in [-0.4, -0.2) is 27.6 Å². The van der Waals surface area contributed by atoms with E-state index < -0.39 is 5.97 Å². The molecule has 2 aromatic carbocycles. The third-order valence-electron chi connectivity index (χ3n) is 3.75. The number of nitrogens with two attached hydrogens (primary N) is 2. The Bertz CT molecular complexity index is 927. The van der Waals surface area contributed by atoms with E-state index in [0.717, 1.165) is 47.2 Å². The monoisotopic (exact) mass is 387 g/mol. The zero-order chi connectivity index (χ0) is 20.0. The molecule has 0 radical (unpaired) electrons. The first-order chi connectivity index (χ1) is 12.8. The first-order valence-electron chi connectivity index (χ1n) is 8.31. The highest BCUT2D eigenvalue weighted by molar-refractivity contribution is 6.30. The molecular weight excluding hydrogens is 366 g/mol. The maximum Gasteiger partial charge on any atom is 0.300 e. The Morgan fingerprint density at radius 3 is 2.37 bits per heavy atom. The number of anilines is 3. The lowest BCUT2D eigenvalue weighted by atomic mass is 10.1. The Hall–Kier alpha value is -3.06. The van der Waals surface area contributed by atoms with E-state index in [2.05, 4.69) is 21.8 Å². The summed E-state index contributed by atoms with van der Waals surface area (Å²) in [6.45, 7) is 4.85. The molecule has 142 valence electrons. The van der Waals surface area contributed by atoms with Crippen molar-refractivity contribution in [3.63, 3.8) is 0 Å². The quantitative estimate of drug-likeness (QED) is 0.626. The molecule has 3 aromatic rings. The summed E-state index contributed by atoms with van der Waals surface area (Å²) in [7, 11) is 0. The number of aromatic nitrogens is 2. The van der Waals surface area contributed by atoms with Crippen molar-refractivity contribution in [2.45, 2.75) is 20.4 Å². The maximum atomic E-state index is 9.00. The van der Waals surface area contributed by atoms with Gasteiger partial charge in [-0.1, -0.05) is 17.7 Å². The molecular formula is C19H22ClN5O2. The van der Waals surface area contributed by atoms with Crippen LogP contribution in [0.15, 0.2) is 42.5 Å². The van der Waals surface area contributed by atoms with Crippen LogP contribution in [0.5, 0.6) is 0 Å². The molecule has 0 spiro atoms. The summed E-state index contributed by atoms with van der Waals surface area (Å²) in [6, 6.07) is 13.8. The van der Waals surface area contributed by atoms with Crippen LogP contribution < -0.4 is 16.4 Å². The molecule has 0 fully saturated rings. The fourth-order valence-electron chi connectivity index (χ4n) is 2.57. The Labute approximate surface area is 162 Å². The summed E-state index contributed by atoms with van der Waals surface area (Å²) in [4.78, 5) is 19.5. The van der Waals surface area contributed by atoms with Gasteiger partial charge >= 0.3 is 0 Å². The van der Waals surface area contributed by atoms with Crippen LogP contribution in [0.1, 0.15) is 19.4 Å². The Balaban J connectivity index is 0.000000596. The van der Waals surface area contributed by atoms with Gasteiger partial charge in [-0.2, -0.15) is 4.98 Å². The minimum Gasteiger partial charge on any atom is -0.481 e. The van der Waals surface area contributed by atoms with E-state index >= 15 is 0 Å². The summed E-state index contributed by atoms with van der Waals surface area (Å²) in [6.07, 6.45) is 0. The third-order valence-corrected chi connectivity index (χ3v) is 4.01. The highest BCUT2D eigenvalue weighted by Gasteiger charge is 2.08. The number of hydrogen-bond donors (Lipinski definition) is 3. The average Bonchev–Trinajstić information content (AvgIpc) is 2.60. The lowest BCUT2D eigenvalue weighted by Gasteiger charge is -2.23. The van der Waals surface area contributed by atoms with E-state index in [1.807, 2.05) is 42.5 Å². The minimum atomic E-state index is -0.833. The van der Waals surface area contributed by atoms with Gasteiger partial charge in [0, 0.05) is 36.1 Å². The van der Waals surface area contributed by atoms with Gasteiger partial charge in [-0.25, -0.2) is 4.98 Å². The van der Waals surface area contributed by atoms with Gasteiger partial charge in [0.1, 0.15) is 5.82 Å². The largest absolute Gasteiger partial charge is 0.481 e. The van der Waals surface area contributed by atoms with Crippen molar-refractivity contribution in [2.75, 3.05) is 22.9 Å². The van der Waals surface area contributed by atoms with Crippen molar-refractivity contribution in [3.05, 3.63) is 53.1 Å². The number of aliphatic carboxylic acids is 1. The summed E-state index contributed by atoms with van der Waals surface area (Å²) in [5.41, 5.74) is 14.6. The van der Waals surface area contributed by atoms with Crippen molar-refractivity contribution in [1.29, 1.82) is 0 Å². The van der Waals surface area contributed by atoms with E-state index in [4.69, 9.17) is 33.0 Å². The first-order valence-corrected chi connectivity index (χ1v) is 8.69. The van der Waals surface area contributed by atoms with E-state index in [-0.39, 0.29) is 5.95 Å². The van der Waals surface area contributed by atoms with Crippen LogP contribution in [0, 0.1) is 0 Å². The highest BCUT2D eigenvalue weighted by atomic mass is 35.5. The lowest BCUT2D eigenvalue weighted by Crippen LogP contribution is -2.21. The summed E-state index contributed by atoms with van der Waals surface area (Å²) >= 11 is 5.96. The van der Waals surface area contributed by atoms with Gasteiger partial charge in [-0.15, -0.1) is 0 Å². The summed E-state index contributed by atoms with van der Waals surface area (Å²) < 4.78 is 0. The molecule has 0 saturated carbocycles. The number of carbonyl (C=O) groups is 1. The molecule has 0 aliphatic rings. The van der Waals surface area contributed by atoms with Crippen LogP contribution in [0.4, 0.5) is 17.5 Å². The molecule has 5 N–H and O–H groups in total. The van der Waals surface area contributed by atoms with E-state index in [9.17, 15) is 0 Å². The van der Waals surface area contributed by atoms with Crippen molar-refractivity contribution >= 4 is 45.9 Å². The zero-order valence-corrected chi connectivity index (χ0v) is 15.9. The van der Waals surface area contributed by atoms with Crippen molar-refractivity contribution in [2.24, 2.45) is 0 Å². The fraction of sp³-hybridized carbons (Fsp3) is 0.211. The van der Waals surface area contributed by atoms with Crippen molar-refractivity contribution in [3.8, 4) is 0 Å². The molecule has 0 unspecified atom stereocenters. The van der Waals surface area contributed by atoms with Crippen LogP contribution in [0.2, 0.25) is 5.02 Å². The van der Waals surface area contributed by atoms with Gasteiger partial charge in [0.15, 0.2) is 0 Å². The second kappa shape index (κ2) is 9.05. The normalized spacial score (nSPS) is 10.2. The number of nitrogens with zero attached hydrogens (tertiary/aromatic N) is 3. The average molecular weight is 388 g/mol. The van der Waals surface area contributed by atoms with Gasteiger partial charge in [0.25, 0.3) is 5.97 Å². The molecule has 8 heteroatoms. The lowest BCUT2D eigenvalue weighted by molar-refractivity contribution is -0.134. The Kier molecular flexibility index (Phi) is 6.79. The smallest absolute Gasteiger partial charge is 0.300 e. The molecule has 0 bridgehead atoms. The number of halogens is 1. The third kappa shape index (κ3) is 5.72. The van der Waals surface area contributed by atoms with Crippen LogP contribution in [-0.2, 0) is 11.3 Å². The second-order valence-electron chi connectivity index (χ2n) is 5.83. The van der Waals surface area contributed by atoms with Gasteiger partial charge in [-0.3, -0.25) is 4.79 Å². The SMILES string of the molecule is CC(=O)O.CCN(Cc1ccc2nc(N)nc(N)c2c1)c1ccc(Cl)cc1. The second-order valence-corrected chi connectivity index (χ2v) is 6.26. The highest BCUT2D eigenvalue weighted by Crippen LogP contribution is 2.23. The summed E-state index contributed by atoms with van der Waals surface area (Å²) in [5.74, 6) is -0.233. The molecule has 0 aliphatic heterocycles. The van der Waals surface area contributed by atoms with Gasteiger partial charge in [0.2, 0.25) is 5.95 Å². The number of carboxylic acids is 1. The first kappa shape index (κ1) is 20.3. The van der Waals surface area contributed by atoms with Gasteiger partial charge in [-0.05, 0) is 48.9 Å². The molecule has 1 heterocycles. The molecule has 0 aliphatic carbocycles. The number of rotatable bonds is 4. The zero-order valence-electron chi connectivity index (χ0n) is 15.2. The number of fused-ring (bicyclic) bond motifs is 1. The molecule has 0 saturated heterocycles. The van der Waals surface area contributed by atoms with Crippen LogP contribution in [0.3, 0.4) is 0 Å². The van der Waals surface area contributed by atoms with E-state index in [1.54, 1.807) is 0 Å². The minimum absolute atomic E-state index is 0.194. The molecule has 0 atom stereocenters. The molecule has 27 heavy (non-hydrogen) atoms. The fourth-order valence-corrected chi connectivity index (χ4v) is 2.70. The standard InChI is InChI=1S/C17H18ClN5.C2H4O2/c1-2-23(13-6-4-12(18)5-7-13)10-11-3-8-15-14(9-11)16(19)22-17(20)21-15;1-2(3)4/h3-9H,2,10H2,1H3,(H4,19,20,21,22);1H3,(H,3,4). The number of nitrogen functional groups attached to an aromatic ring is 2. The Morgan fingerprint density at radius 2 is 1.78 bits per heavy atom. The molecule has 7 nitrogen and oxygen atoms in total. The van der Waals surface area contributed by atoms with Crippen LogP contribution >= 0.6 is 11.6 Å². The number of hydrogen-bond acceptors (Lipinski definition) is 6. The maximum absolute atomic E-state index is 9.00. The molecule has 3 rings (SSSR count). The summed E-state index contributed by atoms with van der Waals surface area (Å²) in [5, 5.41) is 8.97. The number of benzene rings is 2. The van der Waals surface area contributed by atoms with E-state index in [1.165, 1.54) is 0 Å². The Morgan fingerprint density at radius 1 is 1.15 bits per heavy atom. The van der Waals surface area contributed by atoms with Gasteiger partial charge in [0.05, 0.1) is 5.52 Å². The van der Waals surface area contributed by atoms with Crippen LogP contribution in [0.25, 0.3) is 10.9 Å². The molecule has 0 amide bonds. The number of carboxylic acid groups (broad SMARTS) is 1. The molecule has 1 aromatic heterocycles. The van der Waals surface area contributed by atoms with Gasteiger partial charge < -0.3 is 21.5 Å². The van der Waals surface area contributed by atoms with Crippen molar-refractivity contribution in [1.82, 2.24) is 9.97 Å².